The molecule has 3 aromatic rings. The van der Waals surface area contributed by atoms with Crippen LogP contribution in [0.25, 0.3) is 10.9 Å². The van der Waals surface area contributed by atoms with E-state index in [0.29, 0.717) is 45.2 Å². The quantitative estimate of drug-likeness (QED) is 0.281. The summed E-state index contributed by atoms with van der Waals surface area (Å²) >= 11 is 9.66. The molecule has 162 valence electrons. The third-order valence-electron chi connectivity index (χ3n) is 4.56. The van der Waals surface area contributed by atoms with Crippen LogP contribution in [0.5, 0.6) is 11.5 Å². The van der Waals surface area contributed by atoms with Gasteiger partial charge in [-0.15, -0.1) is 0 Å². The number of ether oxygens (including phenoxy) is 2. The lowest BCUT2D eigenvalue weighted by Crippen LogP contribution is -2.22. The van der Waals surface area contributed by atoms with Crippen LogP contribution in [0, 0.1) is 0 Å². The second-order valence-corrected chi connectivity index (χ2v) is 8.13. The maximum atomic E-state index is 13.2. The smallest absolute Gasteiger partial charge is 0.282 e. The summed E-state index contributed by atoms with van der Waals surface area (Å²) in [5.41, 5.74) is 0.982. The molecule has 1 aromatic heterocycles. The number of aromatic nitrogens is 2. The highest BCUT2D eigenvalue weighted by atomic mass is 79.9. The Morgan fingerprint density at radius 1 is 1.32 bits per heavy atom. The number of halogens is 2. The van der Waals surface area contributed by atoms with Crippen LogP contribution in [0.3, 0.4) is 0 Å². The fourth-order valence-electron chi connectivity index (χ4n) is 3.06. The van der Waals surface area contributed by atoms with E-state index in [1.54, 1.807) is 24.3 Å². The van der Waals surface area contributed by atoms with Crippen molar-refractivity contribution < 1.29 is 9.47 Å². The molecule has 3 rings (SSSR count). The van der Waals surface area contributed by atoms with E-state index in [4.69, 9.17) is 21.1 Å². The molecule has 0 aliphatic carbocycles. The zero-order valence-corrected chi connectivity index (χ0v) is 19.7. The largest absolute Gasteiger partial charge is 0.493 e. The van der Waals surface area contributed by atoms with E-state index in [-0.39, 0.29) is 12.2 Å². The van der Waals surface area contributed by atoms with Crippen molar-refractivity contribution in [2.45, 2.75) is 26.2 Å². The molecule has 0 aliphatic rings. The first-order valence-electron chi connectivity index (χ1n) is 9.85. The van der Waals surface area contributed by atoms with Gasteiger partial charge in [-0.05, 0) is 30.7 Å². The molecule has 2 aromatic carbocycles. The third-order valence-corrected chi connectivity index (χ3v) is 5.27. The van der Waals surface area contributed by atoms with Crippen molar-refractivity contribution in [3.8, 4) is 11.5 Å². The van der Waals surface area contributed by atoms with E-state index in [0.717, 1.165) is 17.3 Å². The minimum Gasteiger partial charge on any atom is -0.493 e. The molecular weight excluding hydrogens is 482 g/mol. The Morgan fingerprint density at radius 2 is 2.13 bits per heavy atom. The van der Waals surface area contributed by atoms with Crippen LogP contribution in [-0.2, 0) is 6.42 Å². The molecule has 31 heavy (non-hydrogen) atoms. The summed E-state index contributed by atoms with van der Waals surface area (Å²) in [6.07, 6.45) is 5.67. The summed E-state index contributed by atoms with van der Waals surface area (Å²) in [6.45, 7) is 6.05. The molecular formula is C23H23BrClN3O3. The van der Waals surface area contributed by atoms with Crippen molar-refractivity contribution >= 4 is 44.6 Å². The number of hydrogen-bond acceptors (Lipinski definition) is 5. The van der Waals surface area contributed by atoms with Gasteiger partial charge in [0.15, 0.2) is 11.5 Å². The number of nitrogens with zero attached hydrogens (tertiary/aromatic N) is 3. The van der Waals surface area contributed by atoms with Gasteiger partial charge in [0.2, 0.25) is 0 Å². The van der Waals surface area contributed by atoms with Gasteiger partial charge in [0.25, 0.3) is 5.56 Å². The predicted molar refractivity (Wildman–Crippen MR) is 129 cm³/mol. The number of unbranched alkanes of at least 4 members (excludes halogenated alkanes) is 1. The number of fused-ring (bicyclic) bond motifs is 1. The molecule has 0 N–H and O–H groups in total. The maximum absolute atomic E-state index is 13.2. The van der Waals surface area contributed by atoms with E-state index < -0.39 is 0 Å². The second-order valence-electron chi connectivity index (χ2n) is 6.78. The second kappa shape index (κ2) is 10.6. The van der Waals surface area contributed by atoms with E-state index in [1.165, 1.54) is 18.0 Å². The van der Waals surface area contributed by atoms with Gasteiger partial charge in [-0.2, -0.15) is 9.78 Å². The fraction of sp³-hybridized carbons (Fsp3) is 0.261. The normalized spacial score (nSPS) is 11.2. The first kappa shape index (κ1) is 23.0. The zero-order chi connectivity index (χ0) is 22.4. The molecule has 0 saturated carbocycles. The fourth-order valence-corrected chi connectivity index (χ4v) is 3.64. The lowest BCUT2D eigenvalue weighted by atomic mass is 10.2. The maximum Gasteiger partial charge on any atom is 0.282 e. The van der Waals surface area contributed by atoms with Crippen LogP contribution >= 0.6 is 27.5 Å². The standard InChI is InChI=1S/C23H23BrClN3O3/c1-4-6-7-21-27-19-9-8-16(24)12-18(19)23(29)28(21)26-14-15-11-17(25)13-20(30-3)22(15)31-10-5-2/h5,8-9,11-14H,2,4,6-7,10H2,1,3H3. The highest BCUT2D eigenvalue weighted by Crippen LogP contribution is 2.34. The molecule has 0 aliphatic heterocycles. The summed E-state index contributed by atoms with van der Waals surface area (Å²) in [5, 5.41) is 5.42. The predicted octanol–water partition coefficient (Wildman–Crippen LogP) is 5.61. The highest BCUT2D eigenvalue weighted by molar-refractivity contribution is 9.10. The first-order valence-corrected chi connectivity index (χ1v) is 11.0. The van der Waals surface area contributed by atoms with Crippen molar-refractivity contribution in [3.63, 3.8) is 0 Å². The van der Waals surface area contributed by atoms with Crippen LogP contribution in [0.2, 0.25) is 5.02 Å². The van der Waals surface area contributed by atoms with Crippen molar-refractivity contribution in [1.82, 2.24) is 9.66 Å². The number of methoxy groups -OCH3 is 1. The van der Waals surface area contributed by atoms with Gasteiger partial charge in [-0.1, -0.05) is 53.5 Å². The Bertz CT molecular complexity index is 1190. The highest BCUT2D eigenvalue weighted by Gasteiger charge is 2.14. The van der Waals surface area contributed by atoms with Gasteiger partial charge >= 0.3 is 0 Å². The van der Waals surface area contributed by atoms with Crippen molar-refractivity contribution in [2.75, 3.05) is 13.7 Å². The number of benzene rings is 2. The van der Waals surface area contributed by atoms with Gasteiger partial charge in [-0.25, -0.2) is 4.98 Å². The average molecular weight is 505 g/mol. The van der Waals surface area contributed by atoms with Gasteiger partial charge < -0.3 is 9.47 Å². The van der Waals surface area contributed by atoms with E-state index in [2.05, 4.69) is 39.5 Å². The Morgan fingerprint density at radius 3 is 2.84 bits per heavy atom. The Labute approximate surface area is 194 Å². The topological polar surface area (TPSA) is 65.7 Å². The molecule has 0 radical (unpaired) electrons. The number of rotatable bonds is 9. The molecule has 0 amide bonds. The lowest BCUT2D eigenvalue weighted by molar-refractivity contribution is 0.326. The van der Waals surface area contributed by atoms with Crippen molar-refractivity contribution in [3.05, 3.63) is 74.2 Å². The van der Waals surface area contributed by atoms with Gasteiger partial charge in [0.1, 0.15) is 12.4 Å². The summed E-state index contributed by atoms with van der Waals surface area (Å²) in [6, 6.07) is 8.81. The molecule has 0 fully saturated rings. The zero-order valence-electron chi connectivity index (χ0n) is 17.4. The van der Waals surface area contributed by atoms with Crippen LogP contribution in [0.1, 0.15) is 31.2 Å². The SMILES string of the molecule is C=CCOc1c(C=Nn2c(CCCC)nc3ccc(Br)cc3c2=O)cc(Cl)cc1OC. The van der Waals surface area contributed by atoms with Crippen molar-refractivity contribution in [1.29, 1.82) is 0 Å². The molecule has 8 heteroatoms. The molecule has 0 atom stereocenters. The number of hydrogen-bond donors (Lipinski definition) is 0. The summed E-state index contributed by atoms with van der Waals surface area (Å²) in [4.78, 5) is 17.9. The molecule has 0 spiro atoms. The van der Waals surface area contributed by atoms with Gasteiger partial charge in [-0.3, -0.25) is 4.79 Å². The van der Waals surface area contributed by atoms with Crippen LogP contribution in [-0.4, -0.2) is 29.6 Å². The van der Waals surface area contributed by atoms with Gasteiger partial charge in [0, 0.05) is 27.5 Å². The first-order chi connectivity index (χ1) is 15.0. The molecule has 0 unspecified atom stereocenters. The Hall–Kier alpha value is -2.64. The molecule has 1 heterocycles. The van der Waals surface area contributed by atoms with Crippen LogP contribution in [0.15, 0.2) is 57.4 Å². The monoisotopic (exact) mass is 503 g/mol. The molecule has 0 bridgehead atoms. The third kappa shape index (κ3) is 5.35. The lowest BCUT2D eigenvalue weighted by Gasteiger charge is -2.13. The van der Waals surface area contributed by atoms with Crippen molar-refractivity contribution in [2.24, 2.45) is 5.10 Å². The summed E-state index contributed by atoms with van der Waals surface area (Å²) in [7, 11) is 1.53. The van der Waals surface area contributed by atoms with Gasteiger partial charge in [0.05, 0.1) is 24.2 Å². The Balaban J connectivity index is 2.16. The average Bonchev–Trinajstić information content (AvgIpc) is 2.76. The summed E-state index contributed by atoms with van der Waals surface area (Å²) in [5.74, 6) is 1.53. The molecule has 6 nitrogen and oxygen atoms in total. The van der Waals surface area contributed by atoms with E-state index in [9.17, 15) is 4.79 Å². The Kier molecular flexibility index (Phi) is 7.87. The van der Waals surface area contributed by atoms with E-state index in [1.807, 2.05) is 12.1 Å². The molecule has 0 saturated heterocycles. The van der Waals surface area contributed by atoms with Crippen LogP contribution < -0.4 is 15.0 Å². The van der Waals surface area contributed by atoms with E-state index >= 15 is 0 Å². The van der Waals surface area contributed by atoms with Crippen LogP contribution in [0.4, 0.5) is 0 Å². The minimum absolute atomic E-state index is 0.240. The summed E-state index contributed by atoms with van der Waals surface area (Å²) < 4.78 is 13.3. The number of aryl methyl sites for hydroxylation is 1. The minimum atomic E-state index is -0.240.